The maximum Gasteiger partial charge on any atom is 0.326 e. The van der Waals surface area contributed by atoms with Crippen molar-refractivity contribution in [1.82, 2.24) is 25.1 Å². The predicted molar refractivity (Wildman–Crippen MR) is 94.2 cm³/mol. The number of carboxylic acids is 1. The van der Waals surface area contributed by atoms with Crippen LogP contribution in [0.2, 0.25) is 0 Å². The normalized spacial score (nSPS) is 16.0. The van der Waals surface area contributed by atoms with Crippen molar-refractivity contribution in [2.24, 2.45) is 0 Å². The van der Waals surface area contributed by atoms with Crippen LogP contribution in [-0.2, 0) is 17.8 Å². The van der Waals surface area contributed by atoms with Crippen LogP contribution in [0.1, 0.15) is 21.7 Å². The summed E-state index contributed by atoms with van der Waals surface area (Å²) in [7, 11) is 1.56. The van der Waals surface area contributed by atoms with Crippen LogP contribution >= 0.6 is 0 Å². The predicted octanol–water partition coefficient (Wildman–Crippen LogP) is 1.46. The number of fused-ring (bicyclic) bond motifs is 1. The average molecular weight is 367 g/mol. The molecule has 1 atom stereocenters. The number of hydrogen-bond acceptors (Lipinski definition) is 5. The van der Waals surface area contributed by atoms with Crippen molar-refractivity contribution >= 4 is 11.9 Å². The SMILES string of the molecule is COc1cccc(-c2[nH]ncc2C(=O)N2Cc3[nH]cnc3C[C@H]2C(=O)O)c1. The molecule has 2 aromatic heterocycles. The summed E-state index contributed by atoms with van der Waals surface area (Å²) in [4.78, 5) is 33.4. The number of nitrogens with zero attached hydrogens (tertiary/aromatic N) is 3. The maximum atomic E-state index is 13.2. The van der Waals surface area contributed by atoms with Gasteiger partial charge in [0.15, 0.2) is 0 Å². The molecule has 1 aliphatic rings. The molecule has 0 saturated heterocycles. The second-order valence-electron chi connectivity index (χ2n) is 6.21. The number of amides is 1. The molecule has 4 rings (SSSR count). The molecular formula is C18H17N5O4. The molecule has 9 nitrogen and oxygen atoms in total. The molecule has 9 heteroatoms. The minimum absolute atomic E-state index is 0.147. The Morgan fingerprint density at radius 2 is 2.22 bits per heavy atom. The number of aromatic nitrogens is 4. The number of carboxylic acid groups (broad SMARTS) is 1. The van der Waals surface area contributed by atoms with Crippen molar-refractivity contribution in [3.05, 3.63) is 53.7 Å². The Hall–Kier alpha value is -3.62. The molecule has 0 unspecified atom stereocenters. The quantitative estimate of drug-likeness (QED) is 0.641. The van der Waals surface area contributed by atoms with Crippen LogP contribution in [0.3, 0.4) is 0 Å². The van der Waals surface area contributed by atoms with E-state index in [1.165, 1.54) is 17.4 Å². The second kappa shape index (κ2) is 6.60. The van der Waals surface area contributed by atoms with Crippen molar-refractivity contribution in [2.45, 2.75) is 19.0 Å². The van der Waals surface area contributed by atoms with Gasteiger partial charge in [0.2, 0.25) is 0 Å². The smallest absolute Gasteiger partial charge is 0.326 e. The highest BCUT2D eigenvalue weighted by molar-refractivity contribution is 6.01. The lowest BCUT2D eigenvalue weighted by atomic mass is 10.0. The fraction of sp³-hybridized carbons (Fsp3) is 0.222. The minimum Gasteiger partial charge on any atom is -0.497 e. The first kappa shape index (κ1) is 16.8. The lowest BCUT2D eigenvalue weighted by molar-refractivity contribution is -0.142. The monoisotopic (exact) mass is 367 g/mol. The molecule has 138 valence electrons. The molecule has 1 amide bonds. The number of imidazole rings is 1. The number of carbonyl (C=O) groups is 2. The van der Waals surface area contributed by atoms with Crippen molar-refractivity contribution in [2.75, 3.05) is 7.11 Å². The van der Waals surface area contributed by atoms with Crippen molar-refractivity contribution in [1.29, 1.82) is 0 Å². The van der Waals surface area contributed by atoms with Crippen LogP contribution in [0.4, 0.5) is 0 Å². The lowest BCUT2D eigenvalue weighted by Gasteiger charge is -2.32. The first-order chi connectivity index (χ1) is 13.1. The number of methoxy groups -OCH3 is 1. The van der Waals surface area contributed by atoms with Gasteiger partial charge in [-0.15, -0.1) is 0 Å². The molecule has 0 radical (unpaired) electrons. The van der Waals surface area contributed by atoms with Gasteiger partial charge in [0.05, 0.1) is 48.8 Å². The van der Waals surface area contributed by atoms with Crippen LogP contribution in [0.15, 0.2) is 36.8 Å². The summed E-state index contributed by atoms with van der Waals surface area (Å²) in [5.41, 5.74) is 2.95. The topological polar surface area (TPSA) is 124 Å². The van der Waals surface area contributed by atoms with Gasteiger partial charge in [-0.2, -0.15) is 5.10 Å². The molecule has 0 bridgehead atoms. The van der Waals surface area contributed by atoms with Gasteiger partial charge < -0.3 is 19.7 Å². The molecule has 0 saturated carbocycles. The summed E-state index contributed by atoms with van der Waals surface area (Å²) in [5.74, 6) is -0.832. The zero-order chi connectivity index (χ0) is 19.0. The maximum absolute atomic E-state index is 13.2. The Balaban J connectivity index is 1.71. The molecular weight excluding hydrogens is 350 g/mol. The standard InChI is InChI=1S/C18H17N5O4/c1-27-11-4-2-3-10(5-11)16-12(7-21-22-16)17(24)23-8-14-13(19-9-20-14)6-15(23)18(25)26/h2-5,7,9,15H,6,8H2,1H3,(H,19,20)(H,21,22)(H,25,26)/t15-/m0/s1. The summed E-state index contributed by atoms with van der Waals surface area (Å²) in [5, 5.41) is 16.4. The molecule has 1 aromatic carbocycles. The summed E-state index contributed by atoms with van der Waals surface area (Å²) in [6, 6.07) is 6.22. The number of H-pyrrole nitrogens is 2. The van der Waals surface area contributed by atoms with E-state index in [4.69, 9.17) is 4.74 Å². The zero-order valence-corrected chi connectivity index (χ0v) is 14.5. The van der Waals surface area contributed by atoms with Gasteiger partial charge in [-0.25, -0.2) is 9.78 Å². The van der Waals surface area contributed by atoms with E-state index < -0.39 is 17.9 Å². The first-order valence-corrected chi connectivity index (χ1v) is 8.31. The highest BCUT2D eigenvalue weighted by Crippen LogP contribution is 2.28. The molecule has 1 aliphatic heterocycles. The molecule has 27 heavy (non-hydrogen) atoms. The molecule has 0 fully saturated rings. The first-order valence-electron chi connectivity index (χ1n) is 8.31. The van der Waals surface area contributed by atoms with E-state index in [0.717, 1.165) is 11.3 Å². The number of benzene rings is 1. The van der Waals surface area contributed by atoms with Crippen LogP contribution in [0.5, 0.6) is 5.75 Å². The van der Waals surface area contributed by atoms with Crippen LogP contribution < -0.4 is 4.74 Å². The number of nitrogens with one attached hydrogen (secondary N) is 2. The zero-order valence-electron chi connectivity index (χ0n) is 14.5. The van der Waals surface area contributed by atoms with Crippen LogP contribution in [0, 0.1) is 0 Å². The Morgan fingerprint density at radius 3 is 3.00 bits per heavy atom. The summed E-state index contributed by atoms with van der Waals surface area (Å²) in [6.45, 7) is 0.147. The number of rotatable bonds is 4. The van der Waals surface area contributed by atoms with Gasteiger partial charge in [-0.3, -0.25) is 9.89 Å². The van der Waals surface area contributed by atoms with E-state index in [-0.39, 0.29) is 13.0 Å². The van der Waals surface area contributed by atoms with Gasteiger partial charge in [-0.05, 0) is 12.1 Å². The number of ether oxygens (including phenoxy) is 1. The van der Waals surface area contributed by atoms with Crippen molar-refractivity contribution < 1.29 is 19.4 Å². The number of hydrogen-bond donors (Lipinski definition) is 3. The lowest BCUT2D eigenvalue weighted by Crippen LogP contribution is -2.48. The Kier molecular flexibility index (Phi) is 4.11. The fourth-order valence-electron chi connectivity index (χ4n) is 3.27. The Labute approximate surface area is 154 Å². The third-order valence-corrected chi connectivity index (χ3v) is 4.67. The molecule has 0 spiro atoms. The highest BCUT2D eigenvalue weighted by Gasteiger charge is 2.37. The van der Waals surface area contributed by atoms with Crippen LogP contribution in [0.25, 0.3) is 11.3 Å². The Morgan fingerprint density at radius 1 is 1.37 bits per heavy atom. The summed E-state index contributed by atoms with van der Waals surface area (Å²) < 4.78 is 5.23. The highest BCUT2D eigenvalue weighted by atomic mass is 16.5. The summed E-state index contributed by atoms with van der Waals surface area (Å²) in [6.07, 6.45) is 3.09. The van der Waals surface area contributed by atoms with Crippen molar-refractivity contribution in [3.63, 3.8) is 0 Å². The minimum atomic E-state index is -1.07. The number of carbonyl (C=O) groups excluding carboxylic acids is 1. The molecule has 3 aromatic rings. The van der Waals surface area contributed by atoms with E-state index in [0.29, 0.717) is 22.7 Å². The van der Waals surface area contributed by atoms with Gasteiger partial charge in [-0.1, -0.05) is 12.1 Å². The van der Waals surface area contributed by atoms with Gasteiger partial charge in [0, 0.05) is 12.0 Å². The van der Waals surface area contributed by atoms with Gasteiger partial charge >= 0.3 is 5.97 Å². The number of aliphatic carboxylic acids is 1. The van der Waals surface area contributed by atoms with E-state index in [1.54, 1.807) is 25.3 Å². The number of aromatic amines is 2. The second-order valence-corrected chi connectivity index (χ2v) is 6.21. The Bertz CT molecular complexity index is 1010. The van der Waals surface area contributed by atoms with E-state index >= 15 is 0 Å². The third kappa shape index (κ3) is 2.92. The molecule has 3 heterocycles. The third-order valence-electron chi connectivity index (χ3n) is 4.67. The van der Waals surface area contributed by atoms with E-state index in [2.05, 4.69) is 20.2 Å². The molecule has 0 aliphatic carbocycles. The van der Waals surface area contributed by atoms with E-state index in [9.17, 15) is 14.7 Å². The molecule has 3 N–H and O–H groups in total. The van der Waals surface area contributed by atoms with Gasteiger partial charge in [0.1, 0.15) is 11.8 Å². The average Bonchev–Trinajstić information content (AvgIpc) is 3.35. The fourth-order valence-corrected chi connectivity index (χ4v) is 3.27. The van der Waals surface area contributed by atoms with E-state index in [1.807, 2.05) is 6.07 Å². The summed E-state index contributed by atoms with van der Waals surface area (Å²) >= 11 is 0. The van der Waals surface area contributed by atoms with Crippen LogP contribution in [-0.4, -0.2) is 55.2 Å². The largest absolute Gasteiger partial charge is 0.497 e. The van der Waals surface area contributed by atoms with Crippen molar-refractivity contribution in [3.8, 4) is 17.0 Å². The van der Waals surface area contributed by atoms with Gasteiger partial charge in [0.25, 0.3) is 5.91 Å².